The van der Waals surface area contributed by atoms with Gasteiger partial charge >= 0.3 is 6.09 Å². The number of hydrogen-bond donors (Lipinski definition) is 2. The molecule has 1 amide bonds. The van der Waals surface area contributed by atoms with Gasteiger partial charge in [0, 0.05) is 22.5 Å². The van der Waals surface area contributed by atoms with Gasteiger partial charge in [-0.1, -0.05) is 43.0 Å². The van der Waals surface area contributed by atoms with Crippen LogP contribution < -0.4 is 10.1 Å². The zero-order valence-corrected chi connectivity index (χ0v) is 13.8. The minimum Gasteiger partial charge on any atom is -0.393 e. The van der Waals surface area contributed by atoms with Crippen molar-refractivity contribution in [3.05, 3.63) is 28.2 Å². The summed E-state index contributed by atoms with van der Waals surface area (Å²) in [7, 11) is 0. The van der Waals surface area contributed by atoms with Gasteiger partial charge in [0.25, 0.3) is 0 Å². The van der Waals surface area contributed by atoms with Crippen LogP contribution in [0.4, 0.5) is 4.79 Å². The average molecular weight is 341 g/mol. The molecule has 1 saturated carbocycles. The third-order valence-electron chi connectivity index (χ3n) is 4.24. The fourth-order valence-electron chi connectivity index (χ4n) is 3.00. The van der Waals surface area contributed by atoms with Crippen molar-refractivity contribution < 1.29 is 9.53 Å². The molecule has 1 heterocycles. The van der Waals surface area contributed by atoms with E-state index >= 15 is 0 Å². The van der Waals surface area contributed by atoms with Gasteiger partial charge in [0.15, 0.2) is 0 Å². The molecule has 0 radical (unpaired) electrons. The van der Waals surface area contributed by atoms with Gasteiger partial charge in [-0.25, -0.2) is 4.79 Å². The summed E-state index contributed by atoms with van der Waals surface area (Å²) < 4.78 is 5.34. The molecule has 1 aromatic carbocycles. The Hall–Kier alpha value is -1.39. The Bertz CT molecular complexity index is 699. The minimum absolute atomic E-state index is 0.184. The second-order valence-electron chi connectivity index (χ2n) is 5.88. The topological polar surface area (TPSA) is 54.1 Å². The highest BCUT2D eigenvalue weighted by molar-refractivity contribution is 6.38. The number of ether oxygens (including phenoxy) is 1. The largest absolute Gasteiger partial charge is 0.414 e. The van der Waals surface area contributed by atoms with Crippen molar-refractivity contribution in [1.82, 2.24) is 10.3 Å². The van der Waals surface area contributed by atoms with Crippen molar-refractivity contribution in [3.63, 3.8) is 0 Å². The molecular formula is C16H18Cl2N2O2. The lowest BCUT2D eigenvalue weighted by atomic mass is 9.86. The van der Waals surface area contributed by atoms with Gasteiger partial charge in [0.1, 0.15) is 0 Å². The van der Waals surface area contributed by atoms with E-state index in [0.29, 0.717) is 21.8 Å². The third-order valence-corrected chi connectivity index (χ3v) is 4.78. The molecule has 0 unspecified atom stereocenters. The summed E-state index contributed by atoms with van der Waals surface area (Å²) >= 11 is 12.1. The maximum atomic E-state index is 12.0. The van der Waals surface area contributed by atoms with E-state index in [1.54, 1.807) is 18.2 Å². The van der Waals surface area contributed by atoms with Crippen molar-refractivity contribution in [2.75, 3.05) is 0 Å². The lowest BCUT2D eigenvalue weighted by molar-refractivity contribution is 0.182. The van der Waals surface area contributed by atoms with Crippen molar-refractivity contribution in [1.29, 1.82) is 0 Å². The SMILES string of the molecule is C[C@H]1CCCC[C@H]1NC(=O)Oc1cc2c(Cl)cc(Cl)cc2[nH]1. The van der Waals surface area contributed by atoms with Gasteiger partial charge in [0.05, 0.1) is 10.5 Å². The molecule has 6 heteroatoms. The van der Waals surface area contributed by atoms with E-state index in [0.717, 1.165) is 30.2 Å². The van der Waals surface area contributed by atoms with Crippen molar-refractivity contribution in [2.45, 2.75) is 38.6 Å². The molecule has 1 fully saturated rings. The molecule has 3 rings (SSSR count). The van der Waals surface area contributed by atoms with Crippen LogP contribution in [0.25, 0.3) is 10.9 Å². The van der Waals surface area contributed by atoms with Gasteiger partial charge in [-0.3, -0.25) is 0 Å². The molecule has 2 aromatic rings. The monoisotopic (exact) mass is 340 g/mol. The maximum absolute atomic E-state index is 12.0. The highest BCUT2D eigenvalue weighted by Crippen LogP contribution is 2.31. The first kappa shape index (κ1) is 15.5. The van der Waals surface area contributed by atoms with Crippen molar-refractivity contribution in [2.24, 2.45) is 5.92 Å². The van der Waals surface area contributed by atoms with Gasteiger partial charge < -0.3 is 15.0 Å². The molecule has 0 bridgehead atoms. The van der Waals surface area contributed by atoms with E-state index in [9.17, 15) is 4.79 Å². The number of carbonyl (C=O) groups excluding carboxylic acids is 1. The smallest absolute Gasteiger partial charge is 0.393 e. The van der Waals surface area contributed by atoms with Crippen LogP contribution in [0, 0.1) is 5.92 Å². The number of aromatic nitrogens is 1. The molecule has 2 N–H and O–H groups in total. The number of halogens is 2. The zero-order chi connectivity index (χ0) is 15.7. The van der Waals surface area contributed by atoms with E-state index < -0.39 is 6.09 Å². The fraction of sp³-hybridized carbons (Fsp3) is 0.438. The minimum atomic E-state index is -0.437. The Labute approximate surface area is 139 Å². The zero-order valence-electron chi connectivity index (χ0n) is 12.3. The summed E-state index contributed by atoms with van der Waals surface area (Å²) in [6.45, 7) is 2.16. The summed E-state index contributed by atoms with van der Waals surface area (Å²) in [5.74, 6) is 0.845. The van der Waals surface area contributed by atoms with Crippen LogP contribution in [0.15, 0.2) is 18.2 Å². The molecule has 1 aromatic heterocycles. The van der Waals surface area contributed by atoms with E-state index in [1.807, 2.05) is 0 Å². The molecular weight excluding hydrogens is 323 g/mol. The first-order valence-corrected chi connectivity index (χ1v) is 8.24. The number of aromatic amines is 1. The molecule has 0 saturated heterocycles. The highest BCUT2D eigenvalue weighted by atomic mass is 35.5. The van der Waals surface area contributed by atoms with E-state index in [1.165, 1.54) is 6.42 Å². The Balaban J connectivity index is 1.70. The molecule has 22 heavy (non-hydrogen) atoms. The first-order valence-electron chi connectivity index (χ1n) is 7.49. The molecule has 4 nitrogen and oxygen atoms in total. The highest BCUT2D eigenvalue weighted by Gasteiger charge is 2.23. The lowest BCUT2D eigenvalue weighted by Crippen LogP contribution is -2.42. The average Bonchev–Trinajstić information content (AvgIpc) is 2.84. The van der Waals surface area contributed by atoms with Crippen molar-refractivity contribution >= 4 is 40.2 Å². The molecule has 2 atom stereocenters. The van der Waals surface area contributed by atoms with Gasteiger partial charge in [-0.2, -0.15) is 0 Å². The van der Waals surface area contributed by atoms with Gasteiger partial charge in [-0.15, -0.1) is 0 Å². The second-order valence-corrected chi connectivity index (χ2v) is 6.73. The number of amides is 1. The molecule has 1 aliphatic carbocycles. The quantitative estimate of drug-likeness (QED) is 0.794. The van der Waals surface area contributed by atoms with Crippen LogP contribution in [-0.2, 0) is 0 Å². The van der Waals surface area contributed by atoms with Crippen LogP contribution in [0.1, 0.15) is 32.6 Å². The number of fused-ring (bicyclic) bond motifs is 1. The van der Waals surface area contributed by atoms with Crippen molar-refractivity contribution in [3.8, 4) is 5.88 Å². The molecule has 0 spiro atoms. The van der Waals surface area contributed by atoms with Crippen LogP contribution in [0.2, 0.25) is 10.0 Å². The number of carbonyl (C=O) groups is 1. The number of H-pyrrole nitrogens is 1. The number of nitrogens with one attached hydrogen (secondary N) is 2. The predicted octanol–water partition coefficient (Wildman–Crippen LogP) is 5.14. The van der Waals surface area contributed by atoms with Gasteiger partial charge in [0.2, 0.25) is 5.88 Å². The fourth-order valence-corrected chi connectivity index (χ4v) is 3.55. The Kier molecular flexibility index (Phi) is 4.50. The summed E-state index contributed by atoms with van der Waals surface area (Å²) in [5.41, 5.74) is 0.742. The van der Waals surface area contributed by atoms with E-state index in [4.69, 9.17) is 27.9 Å². The van der Waals surface area contributed by atoms with Crippen LogP contribution in [0.5, 0.6) is 5.88 Å². The predicted molar refractivity (Wildman–Crippen MR) is 88.9 cm³/mol. The summed E-state index contributed by atoms with van der Waals surface area (Å²) in [5, 5.41) is 4.78. The maximum Gasteiger partial charge on any atom is 0.414 e. The molecule has 118 valence electrons. The Morgan fingerprint density at radius 3 is 2.82 bits per heavy atom. The number of rotatable bonds is 2. The summed E-state index contributed by atoms with van der Waals surface area (Å²) in [4.78, 5) is 15.0. The van der Waals surface area contributed by atoms with Crippen LogP contribution in [-0.4, -0.2) is 17.1 Å². The Morgan fingerprint density at radius 1 is 1.27 bits per heavy atom. The third kappa shape index (κ3) is 3.33. The second kappa shape index (κ2) is 6.39. The van der Waals surface area contributed by atoms with Crippen LogP contribution >= 0.6 is 23.2 Å². The summed E-state index contributed by atoms with van der Waals surface area (Å²) in [6.07, 6.45) is 4.09. The van der Waals surface area contributed by atoms with Gasteiger partial charge in [-0.05, 0) is 30.9 Å². The first-order chi connectivity index (χ1) is 10.5. The van der Waals surface area contributed by atoms with E-state index in [-0.39, 0.29) is 6.04 Å². The summed E-state index contributed by atoms with van der Waals surface area (Å²) in [6, 6.07) is 5.30. The Morgan fingerprint density at radius 2 is 2.05 bits per heavy atom. The van der Waals surface area contributed by atoms with Crippen LogP contribution in [0.3, 0.4) is 0 Å². The molecule has 1 aliphatic rings. The lowest BCUT2D eigenvalue weighted by Gasteiger charge is -2.28. The number of hydrogen-bond acceptors (Lipinski definition) is 2. The standard InChI is InChI=1S/C16H18Cl2N2O2/c1-9-4-2-3-5-13(9)20-16(21)22-15-8-11-12(18)6-10(17)7-14(11)19-15/h6-9,13,19H,2-5H2,1H3,(H,20,21)/t9-,13+/m0/s1. The number of benzene rings is 1. The normalized spacial score (nSPS) is 21.8. The molecule has 0 aliphatic heterocycles. The van der Waals surface area contributed by atoms with E-state index in [2.05, 4.69) is 17.2 Å².